The molecule has 0 atom stereocenters. The van der Waals surface area contributed by atoms with Crippen LogP contribution in [0.4, 0.5) is 4.39 Å². The Morgan fingerprint density at radius 2 is 2.21 bits per heavy atom. The van der Waals surface area contributed by atoms with E-state index in [2.05, 4.69) is 5.32 Å². The third-order valence-electron chi connectivity index (χ3n) is 1.75. The highest BCUT2D eigenvalue weighted by Crippen LogP contribution is 2.09. The topological polar surface area (TPSA) is 35.8 Å². The van der Waals surface area contributed by atoms with E-state index in [0.29, 0.717) is 17.7 Å². The molecule has 0 radical (unpaired) electrons. The lowest BCUT2D eigenvalue weighted by Crippen LogP contribution is -2.12. The van der Waals surface area contributed by atoms with Crippen LogP contribution in [0.3, 0.4) is 0 Å². The van der Waals surface area contributed by atoms with Gasteiger partial charge in [-0.25, -0.2) is 4.39 Å². The molecule has 1 N–H and O–H groups in total. The van der Waals surface area contributed by atoms with E-state index in [4.69, 9.17) is 5.26 Å². The molecule has 0 bridgehead atoms. The van der Waals surface area contributed by atoms with Crippen LogP contribution < -0.4 is 5.32 Å². The lowest BCUT2D eigenvalue weighted by atomic mass is 10.1. The Kier molecular flexibility index (Phi) is 5.86. The Balaban J connectivity index is 0.00000169. The van der Waals surface area contributed by atoms with Crippen molar-refractivity contribution >= 4 is 12.4 Å². The van der Waals surface area contributed by atoms with Gasteiger partial charge in [-0.15, -0.1) is 12.4 Å². The average Bonchev–Trinajstić information content (AvgIpc) is 2.16. The molecule has 0 heterocycles. The summed E-state index contributed by atoms with van der Waals surface area (Å²) in [4.78, 5) is 0. The highest BCUT2D eigenvalue weighted by atomic mass is 35.5. The number of hydrogen-bond acceptors (Lipinski definition) is 2. The van der Waals surface area contributed by atoms with Crippen LogP contribution in [0.1, 0.15) is 18.1 Å². The zero-order chi connectivity index (χ0) is 9.68. The van der Waals surface area contributed by atoms with E-state index in [1.54, 1.807) is 12.1 Å². The van der Waals surface area contributed by atoms with Crippen molar-refractivity contribution in [3.63, 3.8) is 0 Å². The molecule has 1 aromatic rings. The maximum atomic E-state index is 13.2. The number of nitrogens with one attached hydrogen (secondary N) is 1. The van der Waals surface area contributed by atoms with Crippen molar-refractivity contribution in [2.45, 2.75) is 13.5 Å². The molecule has 2 nitrogen and oxygen atoms in total. The zero-order valence-corrected chi connectivity index (χ0v) is 8.70. The van der Waals surface area contributed by atoms with Gasteiger partial charge in [0.05, 0.1) is 11.6 Å². The molecular formula is C10H12ClFN2. The van der Waals surface area contributed by atoms with Crippen molar-refractivity contribution in [3.8, 4) is 6.07 Å². The molecule has 0 spiro atoms. The van der Waals surface area contributed by atoms with Crippen molar-refractivity contribution in [2.24, 2.45) is 0 Å². The van der Waals surface area contributed by atoms with E-state index in [1.165, 1.54) is 6.07 Å². The summed E-state index contributed by atoms with van der Waals surface area (Å²) in [6, 6.07) is 6.40. The monoisotopic (exact) mass is 214 g/mol. The highest BCUT2D eigenvalue weighted by molar-refractivity contribution is 5.85. The van der Waals surface area contributed by atoms with Crippen molar-refractivity contribution in [2.75, 3.05) is 6.54 Å². The van der Waals surface area contributed by atoms with Gasteiger partial charge in [0, 0.05) is 12.1 Å². The second-order valence-electron chi connectivity index (χ2n) is 2.70. The smallest absolute Gasteiger partial charge is 0.129 e. The minimum atomic E-state index is -0.319. The van der Waals surface area contributed by atoms with E-state index < -0.39 is 0 Å². The third-order valence-corrected chi connectivity index (χ3v) is 1.75. The Bertz CT molecular complexity index is 333. The average molecular weight is 215 g/mol. The summed E-state index contributed by atoms with van der Waals surface area (Å²) in [7, 11) is 0. The molecule has 14 heavy (non-hydrogen) atoms. The fourth-order valence-corrected chi connectivity index (χ4v) is 1.02. The summed E-state index contributed by atoms with van der Waals surface area (Å²) in [5, 5.41) is 11.5. The van der Waals surface area contributed by atoms with Gasteiger partial charge in [0.25, 0.3) is 0 Å². The van der Waals surface area contributed by atoms with Gasteiger partial charge >= 0.3 is 0 Å². The summed E-state index contributed by atoms with van der Waals surface area (Å²) in [5.74, 6) is -0.319. The number of benzene rings is 1. The molecule has 0 amide bonds. The summed E-state index contributed by atoms with van der Waals surface area (Å²) in [6.45, 7) is 3.27. The molecule has 1 rings (SSSR count). The van der Waals surface area contributed by atoms with E-state index in [9.17, 15) is 4.39 Å². The normalized spacial score (nSPS) is 8.93. The Morgan fingerprint density at radius 3 is 2.71 bits per heavy atom. The predicted octanol–water partition coefficient (Wildman–Crippen LogP) is 2.23. The van der Waals surface area contributed by atoms with Gasteiger partial charge in [-0.05, 0) is 18.7 Å². The van der Waals surface area contributed by atoms with Gasteiger partial charge in [-0.1, -0.05) is 13.0 Å². The van der Waals surface area contributed by atoms with E-state index in [-0.39, 0.29) is 18.2 Å². The van der Waals surface area contributed by atoms with Gasteiger partial charge in [-0.2, -0.15) is 5.26 Å². The fourth-order valence-electron chi connectivity index (χ4n) is 1.02. The van der Waals surface area contributed by atoms with Gasteiger partial charge in [-0.3, -0.25) is 0 Å². The number of hydrogen-bond donors (Lipinski definition) is 1. The van der Waals surface area contributed by atoms with Crippen LogP contribution in [0.15, 0.2) is 18.2 Å². The minimum Gasteiger partial charge on any atom is -0.313 e. The summed E-state index contributed by atoms with van der Waals surface area (Å²) in [6.07, 6.45) is 0. The van der Waals surface area contributed by atoms with Crippen LogP contribution in [0.2, 0.25) is 0 Å². The van der Waals surface area contributed by atoms with E-state index >= 15 is 0 Å². The van der Waals surface area contributed by atoms with Gasteiger partial charge in [0.2, 0.25) is 0 Å². The second-order valence-corrected chi connectivity index (χ2v) is 2.70. The molecule has 0 aliphatic heterocycles. The zero-order valence-electron chi connectivity index (χ0n) is 7.88. The number of halogens is 2. The molecule has 0 aliphatic carbocycles. The SMILES string of the molecule is CCNCc1ccc(C#N)cc1F.Cl. The molecule has 0 aliphatic rings. The first-order chi connectivity index (χ1) is 6.27. The quantitative estimate of drug-likeness (QED) is 0.838. The maximum Gasteiger partial charge on any atom is 0.129 e. The third kappa shape index (κ3) is 3.33. The Hall–Kier alpha value is -1.11. The van der Waals surface area contributed by atoms with Gasteiger partial charge in [0.15, 0.2) is 0 Å². The molecule has 0 fully saturated rings. The van der Waals surface area contributed by atoms with E-state index in [1.807, 2.05) is 13.0 Å². The maximum absolute atomic E-state index is 13.2. The van der Waals surface area contributed by atoms with Crippen LogP contribution >= 0.6 is 12.4 Å². The van der Waals surface area contributed by atoms with Crippen molar-refractivity contribution < 1.29 is 4.39 Å². The molecule has 4 heteroatoms. The van der Waals surface area contributed by atoms with Crippen molar-refractivity contribution in [1.82, 2.24) is 5.32 Å². The molecule has 0 unspecified atom stereocenters. The number of nitriles is 1. The lowest BCUT2D eigenvalue weighted by Gasteiger charge is -2.03. The van der Waals surface area contributed by atoms with Crippen LogP contribution in [-0.2, 0) is 6.54 Å². The first-order valence-corrected chi connectivity index (χ1v) is 4.17. The minimum absolute atomic E-state index is 0. The predicted molar refractivity (Wildman–Crippen MR) is 55.7 cm³/mol. The lowest BCUT2D eigenvalue weighted by molar-refractivity contribution is 0.593. The van der Waals surface area contributed by atoms with Gasteiger partial charge < -0.3 is 5.32 Å². The first-order valence-electron chi connectivity index (χ1n) is 4.17. The van der Waals surface area contributed by atoms with Crippen molar-refractivity contribution in [3.05, 3.63) is 35.1 Å². The van der Waals surface area contributed by atoms with Gasteiger partial charge in [0.1, 0.15) is 5.82 Å². The Labute approximate surface area is 89.2 Å². The number of rotatable bonds is 3. The Morgan fingerprint density at radius 1 is 1.50 bits per heavy atom. The molecule has 0 aromatic heterocycles. The van der Waals surface area contributed by atoms with Crippen LogP contribution in [-0.4, -0.2) is 6.54 Å². The first kappa shape index (κ1) is 12.9. The summed E-state index contributed by atoms with van der Waals surface area (Å²) in [5.41, 5.74) is 0.957. The van der Waals surface area contributed by atoms with Crippen LogP contribution in [0, 0.1) is 17.1 Å². The molecular weight excluding hydrogens is 203 g/mol. The highest BCUT2D eigenvalue weighted by Gasteiger charge is 2.01. The van der Waals surface area contributed by atoms with Crippen LogP contribution in [0.5, 0.6) is 0 Å². The summed E-state index contributed by atoms with van der Waals surface area (Å²) >= 11 is 0. The second kappa shape index (κ2) is 6.36. The standard InChI is InChI=1S/C10H11FN2.ClH/c1-2-13-7-9-4-3-8(6-12)5-10(9)11;/h3-5,13H,2,7H2,1H3;1H. The summed E-state index contributed by atoms with van der Waals surface area (Å²) < 4.78 is 13.2. The largest absolute Gasteiger partial charge is 0.313 e. The molecule has 0 saturated heterocycles. The fraction of sp³-hybridized carbons (Fsp3) is 0.300. The number of nitrogens with zero attached hydrogens (tertiary/aromatic N) is 1. The van der Waals surface area contributed by atoms with E-state index in [0.717, 1.165) is 6.54 Å². The van der Waals surface area contributed by atoms with Crippen molar-refractivity contribution in [1.29, 1.82) is 5.26 Å². The van der Waals surface area contributed by atoms with Crippen LogP contribution in [0.25, 0.3) is 0 Å². The molecule has 76 valence electrons. The molecule has 1 aromatic carbocycles. The molecule has 0 saturated carbocycles.